The van der Waals surface area contributed by atoms with E-state index < -0.39 is 6.48 Å². The van der Waals surface area contributed by atoms with E-state index in [0.29, 0.717) is 11.9 Å². The summed E-state index contributed by atoms with van der Waals surface area (Å²) in [5.74, 6) is 0. The van der Waals surface area contributed by atoms with Crippen LogP contribution in [-0.4, -0.2) is 38.7 Å². The van der Waals surface area contributed by atoms with E-state index in [9.17, 15) is 0 Å². The van der Waals surface area contributed by atoms with Crippen LogP contribution in [0, 0.1) is 0 Å². The fourth-order valence-electron chi connectivity index (χ4n) is 2.30. The third kappa shape index (κ3) is 4.94. The van der Waals surface area contributed by atoms with Gasteiger partial charge < -0.3 is 18.9 Å². The Kier molecular flexibility index (Phi) is 7.49. The average molecular weight is 332 g/mol. The van der Waals surface area contributed by atoms with Crippen LogP contribution in [0.3, 0.4) is 0 Å². The van der Waals surface area contributed by atoms with Gasteiger partial charge in [-0.05, 0) is 38.1 Å². The molecule has 1 aliphatic heterocycles. The van der Waals surface area contributed by atoms with Crippen LogP contribution in [0.25, 0.3) is 0 Å². The number of thiophene rings is 1. The molecule has 0 saturated heterocycles. The standard InChI is InChI=1S/C15H24O4S2/c1-4-17-8-6-11-10-13(19-15(16-3)18-5-2)12-7-9-20-14(12)21-11/h7,9,11,13,15H,4-6,8,10H2,1-3H3. The molecule has 1 aliphatic rings. The molecule has 1 aromatic heterocycles. The van der Waals surface area contributed by atoms with Crippen molar-refractivity contribution in [3.63, 3.8) is 0 Å². The average Bonchev–Trinajstić information content (AvgIpc) is 2.95. The lowest BCUT2D eigenvalue weighted by molar-refractivity contribution is -0.295. The normalized spacial score (nSPS) is 23.0. The molecule has 0 saturated carbocycles. The number of hydrogen-bond donors (Lipinski definition) is 0. The van der Waals surface area contributed by atoms with Crippen molar-refractivity contribution in [3.05, 3.63) is 17.0 Å². The molecule has 120 valence electrons. The minimum absolute atomic E-state index is 0.0376. The van der Waals surface area contributed by atoms with Gasteiger partial charge in [0.25, 0.3) is 6.48 Å². The summed E-state index contributed by atoms with van der Waals surface area (Å²) in [6, 6.07) is 2.15. The highest BCUT2D eigenvalue weighted by molar-refractivity contribution is 8.01. The van der Waals surface area contributed by atoms with Crippen LogP contribution in [0.15, 0.2) is 15.7 Å². The van der Waals surface area contributed by atoms with E-state index in [-0.39, 0.29) is 6.10 Å². The first-order chi connectivity index (χ1) is 10.3. The number of ether oxygens (including phenoxy) is 4. The summed E-state index contributed by atoms with van der Waals surface area (Å²) >= 11 is 3.72. The maximum Gasteiger partial charge on any atom is 0.271 e. The fraction of sp³-hybridized carbons (Fsp3) is 0.733. The molecule has 0 N–H and O–H groups in total. The summed E-state index contributed by atoms with van der Waals surface area (Å²) in [6.45, 7) is 5.53. The van der Waals surface area contributed by atoms with E-state index in [1.165, 1.54) is 9.77 Å². The Morgan fingerprint density at radius 3 is 2.90 bits per heavy atom. The van der Waals surface area contributed by atoms with Gasteiger partial charge in [0.2, 0.25) is 0 Å². The summed E-state index contributed by atoms with van der Waals surface area (Å²) < 4.78 is 23.5. The Bertz CT molecular complexity index is 410. The third-order valence-corrected chi connectivity index (χ3v) is 5.83. The third-order valence-electron chi connectivity index (χ3n) is 3.31. The van der Waals surface area contributed by atoms with E-state index in [4.69, 9.17) is 18.9 Å². The van der Waals surface area contributed by atoms with Gasteiger partial charge in [-0.3, -0.25) is 0 Å². The highest BCUT2D eigenvalue weighted by Crippen LogP contribution is 2.46. The number of methoxy groups -OCH3 is 1. The van der Waals surface area contributed by atoms with Crippen molar-refractivity contribution in [1.82, 2.24) is 0 Å². The minimum Gasteiger partial charge on any atom is -0.382 e. The van der Waals surface area contributed by atoms with Crippen molar-refractivity contribution in [2.75, 3.05) is 26.9 Å². The molecule has 2 rings (SSSR count). The molecule has 0 radical (unpaired) electrons. The Morgan fingerprint density at radius 2 is 2.19 bits per heavy atom. The van der Waals surface area contributed by atoms with E-state index in [1.807, 2.05) is 25.6 Å². The quantitative estimate of drug-likeness (QED) is 0.503. The Morgan fingerprint density at radius 1 is 1.33 bits per heavy atom. The Labute approximate surface area is 135 Å². The molecule has 3 atom stereocenters. The zero-order valence-electron chi connectivity index (χ0n) is 12.9. The monoisotopic (exact) mass is 332 g/mol. The van der Waals surface area contributed by atoms with Crippen molar-refractivity contribution in [2.45, 2.75) is 48.7 Å². The second-order valence-electron chi connectivity index (χ2n) is 4.73. The van der Waals surface area contributed by atoms with E-state index in [0.717, 1.165) is 26.1 Å². The van der Waals surface area contributed by atoms with Gasteiger partial charge in [-0.2, -0.15) is 0 Å². The molecule has 6 heteroatoms. The number of rotatable bonds is 9. The second-order valence-corrected chi connectivity index (χ2v) is 7.21. The lowest BCUT2D eigenvalue weighted by Crippen LogP contribution is -2.26. The predicted octanol–water partition coefficient (Wildman–Crippen LogP) is 4.06. The minimum atomic E-state index is -0.594. The number of thioether (sulfide) groups is 1. The molecular formula is C15H24O4S2. The smallest absolute Gasteiger partial charge is 0.271 e. The molecule has 4 nitrogen and oxygen atoms in total. The Hall–Kier alpha value is -0.110. The first-order valence-electron chi connectivity index (χ1n) is 7.40. The molecule has 21 heavy (non-hydrogen) atoms. The van der Waals surface area contributed by atoms with Gasteiger partial charge in [-0.1, -0.05) is 0 Å². The fourth-order valence-corrected chi connectivity index (χ4v) is 4.90. The number of hydrogen-bond acceptors (Lipinski definition) is 6. The van der Waals surface area contributed by atoms with Gasteiger partial charge in [-0.15, -0.1) is 23.1 Å². The number of fused-ring (bicyclic) bond motifs is 1. The highest BCUT2D eigenvalue weighted by atomic mass is 32.2. The van der Waals surface area contributed by atoms with Gasteiger partial charge in [0.15, 0.2) is 0 Å². The second kappa shape index (κ2) is 9.12. The van der Waals surface area contributed by atoms with Crippen molar-refractivity contribution in [1.29, 1.82) is 0 Å². The summed E-state index contributed by atoms with van der Waals surface area (Å²) in [5.41, 5.74) is 1.26. The van der Waals surface area contributed by atoms with E-state index in [2.05, 4.69) is 11.4 Å². The largest absolute Gasteiger partial charge is 0.382 e. The first kappa shape index (κ1) is 17.2. The van der Waals surface area contributed by atoms with Crippen molar-refractivity contribution in [3.8, 4) is 0 Å². The van der Waals surface area contributed by atoms with Crippen LogP contribution in [0.1, 0.15) is 38.4 Å². The molecular weight excluding hydrogens is 308 g/mol. The van der Waals surface area contributed by atoms with Crippen molar-refractivity contribution >= 4 is 23.1 Å². The zero-order valence-corrected chi connectivity index (χ0v) is 14.5. The SMILES string of the molecule is CCOCCC1CC(OC(OC)OCC)c2ccsc2S1. The Balaban J connectivity index is 1.98. The molecule has 1 aromatic rings. The van der Waals surface area contributed by atoms with Crippen LogP contribution in [-0.2, 0) is 18.9 Å². The summed E-state index contributed by atoms with van der Waals surface area (Å²) in [5, 5.41) is 2.65. The van der Waals surface area contributed by atoms with E-state index >= 15 is 0 Å². The predicted molar refractivity (Wildman–Crippen MR) is 85.9 cm³/mol. The maximum atomic E-state index is 6.01. The van der Waals surface area contributed by atoms with Crippen LogP contribution < -0.4 is 0 Å². The van der Waals surface area contributed by atoms with Crippen LogP contribution in [0.4, 0.5) is 0 Å². The molecule has 0 spiro atoms. The van der Waals surface area contributed by atoms with Gasteiger partial charge in [0, 0.05) is 37.7 Å². The molecule has 2 heterocycles. The van der Waals surface area contributed by atoms with E-state index in [1.54, 1.807) is 18.4 Å². The van der Waals surface area contributed by atoms with Crippen molar-refractivity contribution in [2.24, 2.45) is 0 Å². The van der Waals surface area contributed by atoms with Gasteiger partial charge in [0.05, 0.1) is 10.3 Å². The summed E-state index contributed by atoms with van der Waals surface area (Å²) in [4.78, 5) is 0. The molecule has 0 fully saturated rings. The van der Waals surface area contributed by atoms with Crippen LogP contribution in [0.5, 0.6) is 0 Å². The maximum absolute atomic E-state index is 6.01. The van der Waals surface area contributed by atoms with Gasteiger partial charge in [-0.25, -0.2) is 0 Å². The van der Waals surface area contributed by atoms with Crippen LogP contribution in [0.2, 0.25) is 0 Å². The lowest BCUT2D eigenvalue weighted by atomic mass is 10.1. The molecule has 0 aliphatic carbocycles. The zero-order chi connectivity index (χ0) is 15.1. The van der Waals surface area contributed by atoms with Gasteiger partial charge in [0.1, 0.15) is 0 Å². The molecule has 0 aromatic carbocycles. The lowest BCUT2D eigenvalue weighted by Gasteiger charge is -2.31. The molecule has 3 unspecified atom stereocenters. The van der Waals surface area contributed by atoms with Crippen LogP contribution >= 0.6 is 23.1 Å². The topological polar surface area (TPSA) is 36.9 Å². The van der Waals surface area contributed by atoms with Crippen molar-refractivity contribution < 1.29 is 18.9 Å². The highest BCUT2D eigenvalue weighted by Gasteiger charge is 2.31. The summed E-state index contributed by atoms with van der Waals surface area (Å²) in [7, 11) is 1.61. The first-order valence-corrected chi connectivity index (χ1v) is 9.16. The summed E-state index contributed by atoms with van der Waals surface area (Å²) in [6.07, 6.45) is 2.05. The molecule has 0 bridgehead atoms. The molecule has 0 amide bonds. The van der Waals surface area contributed by atoms with Gasteiger partial charge >= 0.3 is 0 Å².